The molecule has 3 rings (SSSR count). The minimum Gasteiger partial charge on any atom is -0.480 e. The molecule has 7 nitrogen and oxygen atoms in total. The number of nitrogens with zero attached hydrogens (tertiary/aromatic N) is 3. The first-order chi connectivity index (χ1) is 13.0. The van der Waals surface area contributed by atoms with Crippen LogP contribution in [0.4, 0.5) is 5.82 Å². The Labute approximate surface area is 160 Å². The molecular formula is C19H20N4O3S. The first-order valence-electron chi connectivity index (χ1n) is 8.49. The number of fused-ring (bicyclic) bond motifs is 1. The highest BCUT2D eigenvalue weighted by atomic mass is 32.1. The smallest absolute Gasteiger partial charge is 0.325 e. The van der Waals surface area contributed by atoms with Gasteiger partial charge in [0.2, 0.25) is 5.91 Å². The van der Waals surface area contributed by atoms with Crippen LogP contribution in [-0.2, 0) is 9.59 Å². The highest BCUT2D eigenvalue weighted by Gasteiger charge is 2.16. The molecule has 1 atom stereocenters. The van der Waals surface area contributed by atoms with E-state index in [9.17, 15) is 9.59 Å². The third kappa shape index (κ3) is 4.40. The van der Waals surface area contributed by atoms with Crippen molar-refractivity contribution in [3.05, 3.63) is 42.7 Å². The van der Waals surface area contributed by atoms with Gasteiger partial charge in [-0.15, -0.1) is 11.3 Å². The number of carbonyl (C=O) groups is 2. The molecule has 0 bridgehead atoms. The summed E-state index contributed by atoms with van der Waals surface area (Å²) in [5.74, 6) is -0.615. The lowest BCUT2D eigenvalue weighted by Gasteiger charge is -2.18. The highest BCUT2D eigenvalue weighted by Crippen LogP contribution is 2.35. The van der Waals surface area contributed by atoms with Crippen LogP contribution in [0.25, 0.3) is 20.7 Å². The van der Waals surface area contributed by atoms with Gasteiger partial charge in [0.25, 0.3) is 0 Å². The van der Waals surface area contributed by atoms with Crippen LogP contribution in [0, 0.1) is 0 Å². The molecule has 140 valence electrons. The number of aliphatic carboxylic acids is 1. The number of rotatable bonds is 7. The van der Waals surface area contributed by atoms with Gasteiger partial charge in [-0.25, -0.2) is 9.97 Å². The van der Waals surface area contributed by atoms with E-state index in [1.807, 2.05) is 30.1 Å². The summed E-state index contributed by atoms with van der Waals surface area (Å²) in [5.41, 5.74) is 1.12. The van der Waals surface area contributed by atoms with Crippen molar-refractivity contribution in [2.75, 3.05) is 18.5 Å². The molecule has 0 saturated carbocycles. The zero-order valence-electron chi connectivity index (χ0n) is 15.0. The van der Waals surface area contributed by atoms with E-state index in [0.717, 1.165) is 26.5 Å². The Morgan fingerprint density at radius 1 is 1.26 bits per heavy atom. The van der Waals surface area contributed by atoms with Crippen LogP contribution in [-0.4, -0.2) is 46.6 Å². The number of anilines is 1. The van der Waals surface area contributed by atoms with E-state index in [1.165, 1.54) is 13.3 Å². The predicted octanol–water partition coefficient (Wildman–Crippen LogP) is 2.77. The normalized spacial score (nSPS) is 11.9. The average molecular weight is 384 g/mol. The van der Waals surface area contributed by atoms with Gasteiger partial charge < -0.3 is 15.3 Å². The molecule has 0 spiro atoms. The molecule has 27 heavy (non-hydrogen) atoms. The minimum absolute atomic E-state index is 0.176. The molecule has 0 fully saturated rings. The lowest BCUT2D eigenvalue weighted by Crippen LogP contribution is -2.39. The fraction of sp³-hybridized carbons (Fsp3) is 0.263. The Hall–Kier alpha value is -3.00. The summed E-state index contributed by atoms with van der Waals surface area (Å²) in [6, 6.07) is 11.2. The standard InChI is InChI=1S/C19H20N4O3S/c1-12(19(25)26)22-16(24)8-9-23(2)17-14-10-15(13-6-4-3-5-7-13)27-18(14)21-11-20-17/h3-7,10-12H,8-9H2,1-2H3,(H,22,24)(H,25,26). The maximum Gasteiger partial charge on any atom is 0.325 e. The number of thiophene rings is 1. The molecule has 2 N–H and O–H groups in total. The number of nitrogens with one attached hydrogen (secondary N) is 1. The number of carboxylic acid groups (broad SMARTS) is 1. The summed E-state index contributed by atoms with van der Waals surface area (Å²) < 4.78 is 0. The topological polar surface area (TPSA) is 95.4 Å². The van der Waals surface area contributed by atoms with E-state index in [1.54, 1.807) is 11.3 Å². The van der Waals surface area contributed by atoms with Gasteiger partial charge in [-0.3, -0.25) is 9.59 Å². The highest BCUT2D eigenvalue weighted by molar-refractivity contribution is 7.21. The van der Waals surface area contributed by atoms with E-state index in [-0.39, 0.29) is 12.3 Å². The SMILES string of the molecule is CC(NC(=O)CCN(C)c1ncnc2sc(-c3ccccc3)cc12)C(=O)O. The number of carbonyl (C=O) groups excluding carboxylic acids is 1. The maximum absolute atomic E-state index is 11.9. The second kappa shape index (κ2) is 8.13. The van der Waals surface area contributed by atoms with Crippen molar-refractivity contribution in [3.63, 3.8) is 0 Å². The Balaban J connectivity index is 1.75. The number of amides is 1. The van der Waals surface area contributed by atoms with Crippen molar-refractivity contribution in [3.8, 4) is 10.4 Å². The van der Waals surface area contributed by atoms with Crippen molar-refractivity contribution >= 4 is 39.2 Å². The molecule has 1 aromatic carbocycles. The van der Waals surface area contributed by atoms with Crippen molar-refractivity contribution in [2.24, 2.45) is 0 Å². The molecule has 1 amide bonds. The monoisotopic (exact) mass is 384 g/mol. The second-order valence-electron chi connectivity index (χ2n) is 6.19. The third-order valence-electron chi connectivity index (χ3n) is 4.15. The van der Waals surface area contributed by atoms with E-state index >= 15 is 0 Å². The van der Waals surface area contributed by atoms with Crippen molar-refractivity contribution in [1.82, 2.24) is 15.3 Å². The zero-order chi connectivity index (χ0) is 19.4. The molecule has 1 unspecified atom stereocenters. The first kappa shape index (κ1) is 18.8. The van der Waals surface area contributed by atoms with Gasteiger partial charge in [0.1, 0.15) is 23.0 Å². The first-order valence-corrected chi connectivity index (χ1v) is 9.30. The van der Waals surface area contributed by atoms with E-state index in [4.69, 9.17) is 5.11 Å². The van der Waals surface area contributed by atoms with Crippen LogP contribution in [0.5, 0.6) is 0 Å². The Morgan fingerprint density at radius 3 is 2.70 bits per heavy atom. The Kier molecular flexibility index (Phi) is 5.66. The summed E-state index contributed by atoms with van der Waals surface area (Å²) in [7, 11) is 1.86. The van der Waals surface area contributed by atoms with Crippen LogP contribution in [0.2, 0.25) is 0 Å². The van der Waals surface area contributed by atoms with Crippen molar-refractivity contribution in [1.29, 1.82) is 0 Å². The number of aromatic nitrogens is 2. The van der Waals surface area contributed by atoms with Crippen molar-refractivity contribution < 1.29 is 14.7 Å². The quantitative estimate of drug-likeness (QED) is 0.650. The van der Waals surface area contributed by atoms with Crippen LogP contribution < -0.4 is 10.2 Å². The molecule has 2 heterocycles. The van der Waals surface area contributed by atoms with E-state index in [2.05, 4.69) is 33.5 Å². The third-order valence-corrected chi connectivity index (χ3v) is 5.24. The molecule has 0 aliphatic heterocycles. The van der Waals surface area contributed by atoms with Gasteiger partial charge >= 0.3 is 5.97 Å². The lowest BCUT2D eigenvalue weighted by molar-refractivity contribution is -0.141. The average Bonchev–Trinajstić information content (AvgIpc) is 3.11. The van der Waals surface area contributed by atoms with Gasteiger partial charge in [0.05, 0.1) is 5.39 Å². The molecule has 0 saturated heterocycles. The number of carboxylic acids is 1. The second-order valence-corrected chi connectivity index (χ2v) is 7.22. The summed E-state index contributed by atoms with van der Waals surface area (Å²) in [4.78, 5) is 35.3. The Morgan fingerprint density at radius 2 is 2.00 bits per heavy atom. The zero-order valence-corrected chi connectivity index (χ0v) is 15.9. The van der Waals surface area contributed by atoms with Gasteiger partial charge in [-0.2, -0.15) is 0 Å². The molecule has 0 aliphatic rings. The fourth-order valence-electron chi connectivity index (χ4n) is 2.64. The van der Waals surface area contributed by atoms with Gasteiger partial charge in [-0.1, -0.05) is 30.3 Å². The number of hydrogen-bond acceptors (Lipinski definition) is 6. The van der Waals surface area contributed by atoms with Crippen LogP contribution in [0.15, 0.2) is 42.7 Å². The largest absolute Gasteiger partial charge is 0.480 e. The molecule has 8 heteroatoms. The van der Waals surface area contributed by atoms with E-state index < -0.39 is 12.0 Å². The summed E-state index contributed by atoms with van der Waals surface area (Å²) in [6.07, 6.45) is 1.70. The number of hydrogen-bond donors (Lipinski definition) is 2. The van der Waals surface area contributed by atoms with E-state index in [0.29, 0.717) is 6.54 Å². The summed E-state index contributed by atoms with van der Waals surface area (Å²) >= 11 is 1.60. The van der Waals surface area contributed by atoms with Gasteiger partial charge in [-0.05, 0) is 18.6 Å². The van der Waals surface area contributed by atoms with Crippen LogP contribution in [0.3, 0.4) is 0 Å². The van der Waals surface area contributed by atoms with Gasteiger partial charge in [0, 0.05) is 24.9 Å². The summed E-state index contributed by atoms with van der Waals surface area (Å²) in [6.45, 7) is 1.86. The van der Waals surface area contributed by atoms with Crippen LogP contribution in [0.1, 0.15) is 13.3 Å². The van der Waals surface area contributed by atoms with Crippen LogP contribution >= 0.6 is 11.3 Å². The lowest BCUT2D eigenvalue weighted by atomic mass is 10.2. The fourth-order valence-corrected chi connectivity index (χ4v) is 3.64. The number of benzene rings is 1. The predicted molar refractivity (Wildman–Crippen MR) is 106 cm³/mol. The summed E-state index contributed by atoms with van der Waals surface area (Å²) in [5, 5.41) is 12.2. The Bertz CT molecular complexity index is 958. The van der Waals surface area contributed by atoms with Gasteiger partial charge in [0.15, 0.2) is 0 Å². The molecule has 0 radical (unpaired) electrons. The minimum atomic E-state index is -1.05. The molecular weight excluding hydrogens is 364 g/mol. The molecule has 3 aromatic rings. The molecule has 0 aliphatic carbocycles. The maximum atomic E-state index is 11.9. The molecule has 2 aromatic heterocycles. The van der Waals surface area contributed by atoms with Crippen molar-refractivity contribution in [2.45, 2.75) is 19.4 Å².